The third-order valence-electron chi connectivity index (χ3n) is 4.36. The zero-order valence-corrected chi connectivity index (χ0v) is 15.6. The highest BCUT2D eigenvalue weighted by molar-refractivity contribution is 5.76. The number of amides is 1. The van der Waals surface area contributed by atoms with Crippen LogP contribution in [0.2, 0.25) is 0 Å². The summed E-state index contributed by atoms with van der Waals surface area (Å²) in [6.45, 7) is 10.5. The van der Waals surface area contributed by atoms with Crippen LogP contribution in [-0.2, 0) is 11.3 Å². The minimum atomic E-state index is -0.173. The van der Waals surface area contributed by atoms with Crippen LogP contribution in [0.1, 0.15) is 48.8 Å². The van der Waals surface area contributed by atoms with Gasteiger partial charge in [-0.1, -0.05) is 17.7 Å². The smallest absolute Gasteiger partial charge is 0.325 e. The molecule has 0 radical (unpaired) electrons. The molecule has 0 aliphatic carbocycles. The van der Waals surface area contributed by atoms with E-state index in [1.807, 2.05) is 52.8 Å². The first-order chi connectivity index (χ1) is 11.8. The first-order valence-electron chi connectivity index (χ1n) is 8.62. The molecule has 0 aliphatic heterocycles. The maximum Gasteiger partial charge on any atom is 0.325 e. The number of imidazole rings is 1. The Morgan fingerprint density at radius 3 is 2.64 bits per heavy atom. The highest BCUT2D eigenvalue weighted by Crippen LogP contribution is 2.26. The summed E-state index contributed by atoms with van der Waals surface area (Å²) in [6.07, 6.45) is 0.248. The van der Waals surface area contributed by atoms with Gasteiger partial charge in [-0.2, -0.15) is 0 Å². The molecule has 6 heteroatoms. The number of hydrogen-bond acceptors (Lipinski definition) is 3. The van der Waals surface area contributed by atoms with Crippen molar-refractivity contribution < 1.29 is 9.53 Å². The molecule has 1 aromatic heterocycles. The van der Waals surface area contributed by atoms with Crippen molar-refractivity contribution in [3.8, 4) is 5.75 Å². The lowest BCUT2D eigenvalue weighted by Crippen LogP contribution is -2.29. The van der Waals surface area contributed by atoms with E-state index in [0.717, 1.165) is 28.3 Å². The Labute approximate surface area is 148 Å². The third-order valence-corrected chi connectivity index (χ3v) is 4.36. The fraction of sp³-hybridized carbons (Fsp3) is 0.474. The number of carbonyl (C=O) groups excluding carboxylic acids is 1. The molecule has 0 aliphatic rings. The van der Waals surface area contributed by atoms with Crippen LogP contribution in [0.3, 0.4) is 0 Å². The van der Waals surface area contributed by atoms with Crippen molar-refractivity contribution in [2.24, 2.45) is 0 Å². The van der Waals surface area contributed by atoms with E-state index in [2.05, 4.69) is 10.3 Å². The van der Waals surface area contributed by atoms with E-state index in [1.54, 1.807) is 4.57 Å². The fourth-order valence-electron chi connectivity index (χ4n) is 2.84. The van der Waals surface area contributed by atoms with E-state index in [4.69, 9.17) is 4.74 Å². The minimum absolute atomic E-state index is 0.0957. The van der Waals surface area contributed by atoms with E-state index in [-0.39, 0.29) is 24.1 Å². The summed E-state index contributed by atoms with van der Waals surface area (Å²) in [5.41, 5.74) is 3.60. The molecular formula is C19H27N3O3. The maximum absolute atomic E-state index is 12.3. The molecule has 1 aromatic carbocycles. The van der Waals surface area contributed by atoms with E-state index in [0.29, 0.717) is 13.2 Å². The van der Waals surface area contributed by atoms with Crippen molar-refractivity contribution in [2.45, 2.75) is 53.6 Å². The van der Waals surface area contributed by atoms with Gasteiger partial charge in [0, 0.05) is 29.9 Å². The van der Waals surface area contributed by atoms with Crippen LogP contribution in [0.4, 0.5) is 0 Å². The van der Waals surface area contributed by atoms with Gasteiger partial charge < -0.3 is 15.0 Å². The van der Waals surface area contributed by atoms with Crippen LogP contribution in [0.25, 0.3) is 0 Å². The molecule has 1 atom stereocenters. The average Bonchev–Trinajstić information content (AvgIpc) is 2.80. The van der Waals surface area contributed by atoms with Crippen LogP contribution >= 0.6 is 0 Å². The molecular weight excluding hydrogens is 318 g/mol. The van der Waals surface area contributed by atoms with Crippen molar-refractivity contribution in [3.05, 3.63) is 51.2 Å². The molecule has 2 rings (SSSR count). The summed E-state index contributed by atoms with van der Waals surface area (Å²) in [5.74, 6) is 0.691. The number of nitrogens with one attached hydrogen (secondary N) is 2. The Balaban J connectivity index is 2.03. The van der Waals surface area contributed by atoms with Gasteiger partial charge in [0.15, 0.2) is 0 Å². The summed E-state index contributed by atoms with van der Waals surface area (Å²) in [6, 6.07) is 5.79. The maximum atomic E-state index is 12.3. The molecule has 1 heterocycles. The number of carbonyl (C=O) groups is 1. The molecule has 1 amide bonds. The number of hydrogen-bond donors (Lipinski definition) is 2. The van der Waals surface area contributed by atoms with Crippen LogP contribution in [0, 0.1) is 20.8 Å². The van der Waals surface area contributed by atoms with Crippen LogP contribution in [0.5, 0.6) is 5.75 Å². The number of nitrogens with zero attached hydrogens (tertiary/aromatic N) is 1. The zero-order chi connectivity index (χ0) is 18.6. The van der Waals surface area contributed by atoms with Gasteiger partial charge in [-0.25, -0.2) is 4.79 Å². The quantitative estimate of drug-likeness (QED) is 0.810. The Hall–Kier alpha value is -2.50. The SMILES string of the molecule is CCOc1ccc(C)cc1C(C)NC(=O)CCn1c(C)c(C)[nH]c1=O. The van der Waals surface area contributed by atoms with Crippen molar-refractivity contribution in [3.63, 3.8) is 0 Å². The second-order valence-corrected chi connectivity index (χ2v) is 6.31. The molecule has 0 saturated heterocycles. The highest BCUT2D eigenvalue weighted by atomic mass is 16.5. The van der Waals surface area contributed by atoms with Crippen molar-refractivity contribution in [1.29, 1.82) is 0 Å². The lowest BCUT2D eigenvalue weighted by molar-refractivity contribution is -0.122. The first-order valence-corrected chi connectivity index (χ1v) is 8.62. The Morgan fingerprint density at radius 2 is 2.04 bits per heavy atom. The molecule has 0 fully saturated rings. The molecule has 2 aromatic rings. The van der Waals surface area contributed by atoms with E-state index >= 15 is 0 Å². The molecule has 0 saturated carbocycles. The van der Waals surface area contributed by atoms with Crippen molar-refractivity contribution >= 4 is 5.91 Å². The standard InChI is InChI=1S/C19H27N3O3/c1-6-25-17-8-7-12(2)11-16(17)14(4)20-18(23)9-10-22-15(5)13(3)21-19(22)24/h7-8,11,14H,6,9-10H2,1-5H3,(H,20,23)(H,21,24). The molecule has 1 unspecified atom stereocenters. The predicted octanol–water partition coefficient (Wildman–Crippen LogP) is 2.77. The first kappa shape index (κ1) is 18.8. The lowest BCUT2D eigenvalue weighted by Gasteiger charge is -2.19. The lowest BCUT2D eigenvalue weighted by atomic mass is 10.0. The summed E-state index contributed by atoms with van der Waals surface area (Å²) in [4.78, 5) is 26.9. The van der Waals surface area contributed by atoms with E-state index in [9.17, 15) is 9.59 Å². The van der Waals surface area contributed by atoms with Crippen LogP contribution in [-0.4, -0.2) is 22.1 Å². The Kier molecular flexibility index (Phi) is 6.07. The number of aromatic nitrogens is 2. The largest absolute Gasteiger partial charge is 0.494 e. The summed E-state index contributed by atoms with van der Waals surface area (Å²) < 4.78 is 7.25. The van der Waals surface area contributed by atoms with Crippen LogP contribution < -0.4 is 15.7 Å². The van der Waals surface area contributed by atoms with Gasteiger partial charge in [-0.3, -0.25) is 9.36 Å². The number of ether oxygens (including phenoxy) is 1. The van der Waals surface area contributed by atoms with Crippen molar-refractivity contribution in [1.82, 2.24) is 14.9 Å². The second-order valence-electron chi connectivity index (χ2n) is 6.31. The topological polar surface area (TPSA) is 76.1 Å². The zero-order valence-electron chi connectivity index (χ0n) is 15.6. The number of aromatic amines is 1. The van der Waals surface area contributed by atoms with Crippen LogP contribution in [0.15, 0.2) is 23.0 Å². The van der Waals surface area contributed by atoms with Gasteiger partial charge in [0.1, 0.15) is 5.75 Å². The van der Waals surface area contributed by atoms with Gasteiger partial charge in [-0.05, 0) is 40.7 Å². The number of benzene rings is 1. The molecule has 0 spiro atoms. The highest BCUT2D eigenvalue weighted by Gasteiger charge is 2.15. The molecule has 6 nitrogen and oxygen atoms in total. The number of H-pyrrole nitrogens is 1. The molecule has 136 valence electrons. The van der Waals surface area contributed by atoms with Gasteiger partial charge in [-0.15, -0.1) is 0 Å². The Bertz CT molecular complexity index is 805. The summed E-state index contributed by atoms with van der Waals surface area (Å²) in [7, 11) is 0. The number of rotatable bonds is 7. The van der Waals surface area contributed by atoms with Gasteiger partial charge in [0.25, 0.3) is 0 Å². The number of aryl methyl sites for hydroxylation is 2. The second kappa shape index (κ2) is 8.05. The minimum Gasteiger partial charge on any atom is -0.494 e. The van der Waals surface area contributed by atoms with Gasteiger partial charge >= 0.3 is 5.69 Å². The van der Waals surface area contributed by atoms with Gasteiger partial charge in [0.05, 0.1) is 12.6 Å². The molecule has 2 N–H and O–H groups in total. The van der Waals surface area contributed by atoms with E-state index < -0.39 is 0 Å². The fourth-order valence-corrected chi connectivity index (χ4v) is 2.84. The molecule has 25 heavy (non-hydrogen) atoms. The van der Waals surface area contributed by atoms with E-state index in [1.165, 1.54) is 0 Å². The Morgan fingerprint density at radius 1 is 1.32 bits per heavy atom. The average molecular weight is 345 g/mol. The monoisotopic (exact) mass is 345 g/mol. The predicted molar refractivity (Wildman–Crippen MR) is 98.0 cm³/mol. The van der Waals surface area contributed by atoms with Gasteiger partial charge in [0.2, 0.25) is 5.91 Å². The van der Waals surface area contributed by atoms with Crippen molar-refractivity contribution in [2.75, 3.05) is 6.61 Å². The molecule has 0 bridgehead atoms. The normalized spacial score (nSPS) is 12.0. The summed E-state index contributed by atoms with van der Waals surface area (Å²) >= 11 is 0. The summed E-state index contributed by atoms with van der Waals surface area (Å²) in [5, 5.41) is 2.99. The third kappa shape index (κ3) is 4.53.